The molecule has 2 aromatic rings. The molecule has 0 heterocycles. The largest absolute Gasteiger partial charge is 0.497 e. The zero-order valence-corrected chi connectivity index (χ0v) is 14.7. The van der Waals surface area contributed by atoms with Crippen LogP contribution in [0.1, 0.15) is 25.0 Å². The van der Waals surface area contributed by atoms with Gasteiger partial charge in [-0.2, -0.15) is 0 Å². The Morgan fingerprint density at radius 2 is 1.60 bits per heavy atom. The van der Waals surface area contributed by atoms with Crippen molar-refractivity contribution >= 4 is 17.6 Å². The number of benzene rings is 2. The van der Waals surface area contributed by atoms with E-state index in [1.165, 1.54) is 5.56 Å². The van der Waals surface area contributed by atoms with Crippen LogP contribution in [0.2, 0.25) is 0 Å². The molecule has 0 bridgehead atoms. The van der Waals surface area contributed by atoms with E-state index in [-0.39, 0.29) is 12.3 Å². The van der Waals surface area contributed by atoms with Gasteiger partial charge in [-0.3, -0.25) is 9.59 Å². The van der Waals surface area contributed by atoms with E-state index in [1.54, 1.807) is 38.3 Å². The minimum Gasteiger partial charge on any atom is -0.497 e. The second kappa shape index (κ2) is 8.87. The van der Waals surface area contributed by atoms with Crippen LogP contribution < -0.4 is 10.1 Å². The van der Waals surface area contributed by atoms with Crippen LogP contribution in [-0.4, -0.2) is 25.1 Å². The van der Waals surface area contributed by atoms with E-state index in [0.29, 0.717) is 5.69 Å². The number of hydrogen-bond acceptors (Lipinski definition) is 4. The number of ether oxygens (including phenoxy) is 2. The van der Waals surface area contributed by atoms with Crippen LogP contribution in [0.25, 0.3) is 0 Å². The maximum absolute atomic E-state index is 12.1. The molecule has 0 aliphatic rings. The smallest absolute Gasteiger partial charge is 0.311 e. The van der Waals surface area contributed by atoms with Crippen molar-refractivity contribution in [2.75, 3.05) is 12.4 Å². The summed E-state index contributed by atoms with van der Waals surface area (Å²) in [6, 6.07) is 14.7. The highest BCUT2D eigenvalue weighted by atomic mass is 16.5. The first kappa shape index (κ1) is 18.5. The Balaban J connectivity index is 1.85. The summed E-state index contributed by atoms with van der Waals surface area (Å²) in [6.45, 7) is 3.62. The second-order valence-corrected chi connectivity index (χ2v) is 5.70. The average Bonchev–Trinajstić information content (AvgIpc) is 2.62. The summed E-state index contributed by atoms with van der Waals surface area (Å²) >= 11 is 0. The molecule has 1 atom stereocenters. The topological polar surface area (TPSA) is 64.6 Å². The average molecular weight is 341 g/mol. The quantitative estimate of drug-likeness (QED) is 0.784. The fourth-order valence-corrected chi connectivity index (χ4v) is 2.27. The predicted molar refractivity (Wildman–Crippen MR) is 96.7 cm³/mol. The highest BCUT2D eigenvalue weighted by molar-refractivity contribution is 5.95. The van der Waals surface area contributed by atoms with Crippen LogP contribution in [0.15, 0.2) is 48.5 Å². The zero-order valence-electron chi connectivity index (χ0n) is 14.7. The number of aryl methyl sites for hydroxylation is 1. The van der Waals surface area contributed by atoms with Gasteiger partial charge < -0.3 is 14.8 Å². The molecule has 132 valence electrons. The first-order valence-electron chi connectivity index (χ1n) is 8.24. The van der Waals surface area contributed by atoms with Gasteiger partial charge in [0, 0.05) is 5.69 Å². The number of carbonyl (C=O) groups excluding carboxylic acids is 2. The van der Waals surface area contributed by atoms with E-state index in [4.69, 9.17) is 9.47 Å². The van der Waals surface area contributed by atoms with E-state index in [0.717, 1.165) is 17.7 Å². The summed E-state index contributed by atoms with van der Waals surface area (Å²) in [6.07, 6.45) is 0.178. The zero-order chi connectivity index (χ0) is 18.2. The lowest BCUT2D eigenvalue weighted by Crippen LogP contribution is -2.30. The van der Waals surface area contributed by atoms with Crippen LogP contribution in [-0.2, 0) is 27.2 Å². The van der Waals surface area contributed by atoms with Crippen molar-refractivity contribution < 1.29 is 19.1 Å². The first-order valence-corrected chi connectivity index (χ1v) is 8.24. The Bertz CT molecular complexity index is 707. The molecule has 0 saturated carbocycles. The number of nitrogens with one attached hydrogen (secondary N) is 1. The Labute approximate surface area is 148 Å². The molecule has 0 spiro atoms. The fraction of sp³-hybridized carbons (Fsp3) is 0.300. The molecule has 0 radical (unpaired) electrons. The van der Waals surface area contributed by atoms with Crippen molar-refractivity contribution in [3.8, 4) is 5.75 Å². The number of amides is 1. The van der Waals surface area contributed by atoms with Crippen LogP contribution in [0.3, 0.4) is 0 Å². The van der Waals surface area contributed by atoms with Gasteiger partial charge in [0.2, 0.25) is 0 Å². The maximum atomic E-state index is 12.1. The van der Waals surface area contributed by atoms with Crippen molar-refractivity contribution in [2.24, 2.45) is 0 Å². The van der Waals surface area contributed by atoms with Crippen molar-refractivity contribution in [1.82, 2.24) is 0 Å². The maximum Gasteiger partial charge on any atom is 0.311 e. The molecule has 0 aliphatic carbocycles. The molecule has 2 aromatic carbocycles. The van der Waals surface area contributed by atoms with Gasteiger partial charge >= 0.3 is 5.97 Å². The van der Waals surface area contributed by atoms with E-state index in [1.807, 2.05) is 24.3 Å². The van der Waals surface area contributed by atoms with Gasteiger partial charge in [0.25, 0.3) is 5.91 Å². The molecule has 0 aromatic heterocycles. The van der Waals surface area contributed by atoms with Crippen molar-refractivity contribution in [3.63, 3.8) is 0 Å². The highest BCUT2D eigenvalue weighted by Crippen LogP contribution is 2.13. The van der Waals surface area contributed by atoms with Crippen LogP contribution >= 0.6 is 0 Å². The lowest BCUT2D eigenvalue weighted by atomic mass is 10.1. The molecule has 1 amide bonds. The standard InChI is InChI=1S/C20H23NO4/c1-4-15-5-9-17(10-6-15)21-20(23)14(2)25-19(22)13-16-7-11-18(24-3)12-8-16/h5-12,14H,4,13H2,1-3H3,(H,21,23)/t14-/m0/s1. The molecule has 0 aliphatic heterocycles. The van der Waals surface area contributed by atoms with Crippen LogP contribution in [0.4, 0.5) is 5.69 Å². The third kappa shape index (κ3) is 5.64. The van der Waals surface area contributed by atoms with E-state index >= 15 is 0 Å². The van der Waals surface area contributed by atoms with E-state index < -0.39 is 12.1 Å². The Morgan fingerprint density at radius 1 is 1.00 bits per heavy atom. The van der Waals surface area contributed by atoms with Gasteiger partial charge in [-0.15, -0.1) is 0 Å². The number of rotatable bonds is 7. The van der Waals surface area contributed by atoms with Gasteiger partial charge in [0.15, 0.2) is 6.10 Å². The molecule has 1 N–H and O–H groups in total. The van der Waals surface area contributed by atoms with E-state index in [9.17, 15) is 9.59 Å². The molecule has 2 rings (SSSR count). The van der Waals surface area contributed by atoms with Crippen molar-refractivity contribution in [1.29, 1.82) is 0 Å². The molecule has 0 saturated heterocycles. The summed E-state index contributed by atoms with van der Waals surface area (Å²) in [5.41, 5.74) is 2.67. The molecule has 5 nitrogen and oxygen atoms in total. The lowest BCUT2D eigenvalue weighted by Gasteiger charge is -2.14. The summed E-state index contributed by atoms with van der Waals surface area (Å²) in [5.74, 6) is -0.0829. The highest BCUT2D eigenvalue weighted by Gasteiger charge is 2.18. The molecular formula is C20H23NO4. The van der Waals surface area contributed by atoms with Crippen LogP contribution in [0.5, 0.6) is 5.75 Å². The number of anilines is 1. The minimum atomic E-state index is -0.864. The molecular weight excluding hydrogens is 318 g/mol. The molecule has 5 heteroatoms. The Morgan fingerprint density at radius 3 is 2.16 bits per heavy atom. The van der Waals surface area contributed by atoms with Gasteiger partial charge in [0.05, 0.1) is 13.5 Å². The number of carbonyl (C=O) groups is 2. The van der Waals surface area contributed by atoms with Crippen molar-refractivity contribution in [3.05, 3.63) is 59.7 Å². The van der Waals surface area contributed by atoms with Gasteiger partial charge in [-0.25, -0.2) is 0 Å². The monoisotopic (exact) mass is 341 g/mol. The summed E-state index contributed by atoms with van der Waals surface area (Å²) in [5, 5.41) is 2.74. The number of methoxy groups -OCH3 is 1. The molecule has 0 unspecified atom stereocenters. The Kier molecular flexibility index (Phi) is 6.57. The van der Waals surface area contributed by atoms with Gasteiger partial charge in [0.1, 0.15) is 5.75 Å². The van der Waals surface area contributed by atoms with E-state index in [2.05, 4.69) is 12.2 Å². The summed E-state index contributed by atoms with van der Waals surface area (Å²) in [7, 11) is 1.58. The predicted octanol–water partition coefficient (Wildman–Crippen LogP) is 3.37. The van der Waals surface area contributed by atoms with Gasteiger partial charge in [-0.1, -0.05) is 31.2 Å². The lowest BCUT2D eigenvalue weighted by molar-refractivity contribution is -0.152. The second-order valence-electron chi connectivity index (χ2n) is 5.70. The molecule has 25 heavy (non-hydrogen) atoms. The third-order valence-corrected chi connectivity index (χ3v) is 3.81. The van der Waals surface area contributed by atoms with Crippen LogP contribution in [0, 0.1) is 0 Å². The fourth-order valence-electron chi connectivity index (χ4n) is 2.27. The van der Waals surface area contributed by atoms with Gasteiger partial charge in [-0.05, 0) is 48.7 Å². The third-order valence-electron chi connectivity index (χ3n) is 3.81. The SMILES string of the molecule is CCc1ccc(NC(=O)[C@H](C)OC(=O)Cc2ccc(OC)cc2)cc1. The Hall–Kier alpha value is -2.82. The minimum absolute atomic E-state index is 0.104. The number of hydrogen-bond donors (Lipinski definition) is 1. The molecule has 0 fully saturated rings. The first-order chi connectivity index (χ1) is 12.0. The summed E-state index contributed by atoms with van der Waals surface area (Å²) in [4.78, 5) is 24.1. The van der Waals surface area contributed by atoms with Crippen molar-refractivity contribution in [2.45, 2.75) is 32.8 Å². The summed E-state index contributed by atoms with van der Waals surface area (Å²) < 4.78 is 10.3. The normalized spacial score (nSPS) is 11.5. The number of esters is 1.